The first kappa shape index (κ1) is 17.8. The summed E-state index contributed by atoms with van der Waals surface area (Å²) in [4.78, 5) is 0. The Labute approximate surface area is 153 Å². The molecule has 1 N–H and O–H groups in total. The molecule has 26 heavy (non-hydrogen) atoms. The van der Waals surface area contributed by atoms with E-state index in [0.717, 1.165) is 16.8 Å². The van der Waals surface area contributed by atoms with Gasteiger partial charge in [0.1, 0.15) is 12.4 Å². The summed E-state index contributed by atoms with van der Waals surface area (Å²) in [6.07, 6.45) is 0. The Balaban J connectivity index is 1.64. The van der Waals surface area contributed by atoms with Crippen molar-refractivity contribution >= 4 is 5.69 Å². The van der Waals surface area contributed by atoms with Crippen molar-refractivity contribution in [1.82, 2.24) is 0 Å². The molecule has 134 valence electrons. The van der Waals surface area contributed by atoms with E-state index in [0.29, 0.717) is 24.7 Å². The van der Waals surface area contributed by atoms with E-state index < -0.39 is 0 Å². The molecule has 3 nitrogen and oxygen atoms in total. The average molecular weight is 351 g/mol. The molecule has 0 fully saturated rings. The summed E-state index contributed by atoms with van der Waals surface area (Å²) >= 11 is 0. The molecule has 3 aromatic rings. The standard InChI is InChI=1S/C22H22FNO2/c1-16-4-3-5-20(12-16)24-14-18-8-11-21(22(13-18)25-2)26-15-17-6-9-19(23)10-7-17/h3-13,24H,14-15H2,1-2H3. The van der Waals surface area contributed by atoms with Crippen molar-refractivity contribution in [3.63, 3.8) is 0 Å². The van der Waals surface area contributed by atoms with Crippen LogP contribution < -0.4 is 14.8 Å². The van der Waals surface area contributed by atoms with Crippen molar-refractivity contribution in [3.05, 3.63) is 89.2 Å². The van der Waals surface area contributed by atoms with Gasteiger partial charge in [-0.2, -0.15) is 0 Å². The molecule has 0 bridgehead atoms. The third kappa shape index (κ3) is 4.76. The maximum atomic E-state index is 13.0. The van der Waals surface area contributed by atoms with E-state index in [-0.39, 0.29) is 5.82 Å². The zero-order chi connectivity index (χ0) is 18.4. The van der Waals surface area contributed by atoms with E-state index in [1.807, 2.05) is 30.3 Å². The van der Waals surface area contributed by atoms with E-state index in [9.17, 15) is 4.39 Å². The molecule has 0 unspecified atom stereocenters. The van der Waals surface area contributed by atoms with Crippen LogP contribution in [0.3, 0.4) is 0 Å². The van der Waals surface area contributed by atoms with Crippen LogP contribution in [0, 0.1) is 12.7 Å². The second-order valence-electron chi connectivity index (χ2n) is 6.12. The van der Waals surface area contributed by atoms with Gasteiger partial charge in [-0.1, -0.05) is 30.3 Å². The Hall–Kier alpha value is -3.01. The molecular weight excluding hydrogens is 329 g/mol. The zero-order valence-electron chi connectivity index (χ0n) is 15.0. The van der Waals surface area contributed by atoms with Crippen LogP contribution in [0.1, 0.15) is 16.7 Å². The predicted octanol–water partition coefficient (Wildman–Crippen LogP) is 5.33. The topological polar surface area (TPSA) is 30.5 Å². The summed E-state index contributed by atoms with van der Waals surface area (Å²) < 4.78 is 24.2. The smallest absolute Gasteiger partial charge is 0.161 e. The van der Waals surface area contributed by atoms with Crippen LogP contribution in [-0.4, -0.2) is 7.11 Å². The van der Waals surface area contributed by atoms with Gasteiger partial charge in [-0.3, -0.25) is 0 Å². The number of hydrogen-bond donors (Lipinski definition) is 1. The lowest BCUT2D eigenvalue weighted by Gasteiger charge is -2.13. The zero-order valence-corrected chi connectivity index (χ0v) is 15.0. The minimum Gasteiger partial charge on any atom is -0.493 e. The molecule has 0 heterocycles. The second-order valence-corrected chi connectivity index (χ2v) is 6.12. The molecular formula is C22H22FNO2. The van der Waals surface area contributed by atoms with Crippen molar-refractivity contribution < 1.29 is 13.9 Å². The van der Waals surface area contributed by atoms with Crippen LogP contribution in [0.15, 0.2) is 66.7 Å². The molecule has 0 atom stereocenters. The first-order chi connectivity index (χ1) is 12.6. The molecule has 0 saturated heterocycles. The molecule has 4 heteroatoms. The summed E-state index contributed by atoms with van der Waals surface area (Å²) in [7, 11) is 1.62. The van der Waals surface area contributed by atoms with E-state index in [1.54, 1.807) is 19.2 Å². The van der Waals surface area contributed by atoms with Crippen molar-refractivity contribution in [1.29, 1.82) is 0 Å². The van der Waals surface area contributed by atoms with Crippen molar-refractivity contribution in [3.8, 4) is 11.5 Å². The lowest BCUT2D eigenvalue weighted by molar-refractivity contribution is 0.284. The number of anilines is 1. The first-order valence-corrected chi connectivity index (χ1v) is 8.49. The van der Waals surface area contributed by atoms with Gasteiger partial charge in [0.25, 0.3) is 0 Å². The number of ether oxygens (including phenoxy) is 2. The molecule has 3 aromatic carbocycles. The fourth-order valence-corrected chi connectivity index (χ4v) is 2.64. The number of nitrogens with one attached hydrogen (secondary N) is 1. The highest BCUT2D eigenvalue weighted by Gasteiger charge is 2.07. The van der Waals surface area contributed by atoms with Gasteiger partial charge in [-0.15, -0.1) is 0 Å². The Morgan fingerprint density at radius 2 is 1.65 bits per heavy atom. The van der Waals surface area contributed by atoms with Gasteiger partial charge >= 0.3 is 0 Å². The number of benzene rings is 3. The summed E-state index contributed by atoms with van der Waals surface area (Å²) in [5.74, 6) is 1.09. The molecule has 0 aliphatic heterocycles. The quantitative estimate of drug-likeness (QED) is 0.624. The van der Waals surface area contributed by atoms with Crippen molar-refractivity contribution in [2.24, 2.45) is 0 Å². The van der Waals surface area contributed by atoms with Gasteiger partial charge in [0.15, 0.2) is 11.5 Å². The van der Waals surface area contributed by atoms with Crippen molar-refractivity contribution in [2.45, 2.75) is 20.1 Å². The lowest BCUT2D eigenvalue weighted by Crippen LogP contribution is -2.02. The highest BCUT2D eigenvalue weighted by Crippen LogP contribution is 2.29. The van der Waals surface area contributed by atoms with Crippen LogP contribution in [0.25, 0.3) is 0 Å². The van der Waals surface area contributed by atoms with Crippen LogP contribution in [0.5, 0.6) is 11.5 Å². The third-order valence-corrected chi connectivity index (χ3v) is 4.05. The number of halogens is 1. The first-order valence-electron chi connectivity index (χ1n) is 8.49. The summed E-state index contributed by atoms with van der Waals surface area (Å²) in [6.45, 7) is 3.12. The van der Waals surface area contributed by atoms with Gasteiger partial charge in [0.2, 0.25) is 0 Å². The van der Waals surface area contributed by atoms with Gasteiger partial charge in [-0.25, -0.2) is 4.39 Å². The highest BCUT2D eigenvalue weighted by atomic mass is 19.1. The number of aryl methyl sites for hydroxylation is 1. The summed E-state index contributed by atoms with van der Waals surface area (Å²) in [5, 5.41) is 3.40. The minimum absolute atomic E-state index is 0.253. The molecule has 0 spiro atoms. The average Bonchev–Trinajstić information content (AvgIpc) is 2.66. The largest absolute Gasteiger partial charge is 0.493 e. The van der Waals surface area contributed by atoms with Gasteiger partial charge in [0.05, 0.1) is 7.11 Å². The molecule has 0 aromatic heterocycles. The van der Waals surface area contributed by atoms with Crippen LogP contribution in [-0.2, 0) is 13.2 Å². The lowest BCUT2D eigenvalue weighted by atomic mass is 10.1. The SMILES string of the molecule is COc1cc(CNc2cccc(C)c2)ccc1OCc1ccc(F)cc1. The Bertz CT molecular complexity index is 862. The van der Waals surface area contributed by atoms with E-state index in [1.165, 1.54) is 17.7 Å². The fraction of sp³-hybridized carbons (Fsp3) is 0.182. The summed E-state index contributed by atoms with van der Waals surface area (Å²) in [5.41, 5.74) is 4.30. The molecule has 0 amide bonds. The maximum Gasteiger partial charge on any atom is 0.161 e. The van der Waals surface area contributed by atoms with Gasteiger partial charge < -0.3 is 14.8 Å². The van der Waals surface area contributed by atoms with Crippen LogP contribution >= 0.6 is 0 Å². The highest BCUT2D eigenvalue weighted by molar-refractivity contribution is 5.48. The molecule has 0 radical (unpaired) electrons. The van der Waals surface area contributed by atoms with Crippen molar-refractivity contribution in [2.75, 3.05) is 12.4 Å². The fourth-order valence-electron chi connectivity index (χ4n) is 2.64. The second kappa shape index (κ2) is 8.39. The Morgan fingerprint density at radius 1 is 0.885 bits per heavy atom. The number of hydrogen-bond acceptors (Lipinski definition) is 3. The van der Waals surface area contributed by atoms with Crippen LogP contribution in [0.2, 0.25) is 0 Å². The normalized spacial score (nSPS) is 10.4. The maximum absolute atomic E-state index is 13.0. The Kier molecular flexibility index (Phi) is 5.74. The number of methoxy groups -OCH3 is 1. The monoisotopic (exact) mass is 351 g/mol. The summed E-state index contributed by atoms with van der Waals surface area (Å²) in [6, 6.07) is 20.4. The molecule has 3 rings (SSSR count). The minimum atomic E-state index is -0.253. The van der Waals surface area contributed by atoms with E-state index in [4.69, 9.17) is 9.47 Å². The molecule has 0 saturated carbocycles. The predicted molar refractivity (Wildman–Crippen MR) is 102 cm³/mol. The van der Waals surface area contributed by atoms with Crippen LogP contribution in [0.4, 0.5) is 10.1 Å². The van der Waals surface area contributed by atoms with Gasteiger partial charge in [-0.05, 0) is 60.0 Å². The van der Waals surface area contributed by atoms with Gasteiger partial charge in [0, 0.05) is 12.2 Å². The number of rotatable bonds is 7. The third-order valence-electron chi connectivity index (χ3n) is 4.05. The Morgan fingerprint density at radius 3 is 2.38 bits per heavy atom. The molecule has 0 aliphatic carbocycles. The van der Waals surface area contributed by atoms with E-state index in [2.05, 4.69) is 24.4 Å². The van der Waals surface area contributed by atoms with E-state index >= 15 is 0 Å². The molecule has 0 aliphatic rings.